The standard InChI is InChI=1S/C8H10O2S/c1-6-2-8(11-5-6)10-4-7-3-9-7/h2,5,7H,3-4H2,1H3. The molecule has 0 saturated carbocycles. The van der Waals surface area contributed by atoms with Gasteiger partial charge in [-0.05, 0) is 23.9 Å². The Kier molecular flexibility index (Phi) is 1.84. The van der Waals surface area contributed by atoms with Crippen molar-refractivity contribution in [3.05, 3.63) is 17.0 Å². The molecule has 0 aromatic carbocycles. The second-order valence-corrected chi connectivity index (χ2v) is 3.58. The monoisotopic (exact) mass is 170 g/mol. The Morgan fingerprint density at radius 2 is 2.64 bits per heavy atom. The number of hydrogen-bond acceptors (Lipinski definition) is 3. The molecule has 1 aliphatic heterocycles. The van der Waals surface area contributed by atoms with Crippen LogP contribution in [0.1, 0.15) is 5.56 Å². The van der Waals surface area contributed by atoms with E-state index in [0.717, 1.165) is 11.7 Å². The molecule has 2 nitrogen and oxygen atoms in total. The van der Waals surface area contributed by atoms with E-state index in [1.54, 1.807) is 11.3 Å². The summed E-state index contributed by atoms with van der Waals surface area (Å²) >= 11 is 1.64. The molecule has 0 spiro atoms. The predicted molar refractivity (Wildman–Crippen MR) is 44.3 cm³/mol. The Morgan fingerprint density at radius 3 is 3.18 bits per heavy atom. The minimum absolute atomic E-state index is 0.359. The largest absolute Gasteiger partial charge is 0.481 e. The molecule has 0 N–H and O–H groups in total. The summed E-state index contributed by atoms with van der Waals surface area (Å²) < 4.78 is 10.5. The van der Waals surface area contributed by atoms with Crippen LogP contribution in [0, 0.1) is 6.92 Å². The molecule has 1 saturated heterocycles. The Balaban J connectivity index is 1.85. The van der Waals surface area contributed by atoms with Gasteiger partial charge in [0.2, 0.25) is 0 Å². The van der Waals surface area contributed by atoms with Crippen molar-refractivity contribution >= 4 is 11.3 Å². The van der Waals surface area contributed by atoms with Gasteiger partial charge in [-0.25, -0.2) is 0 Å². The fraction of sp³-hybridized carbons (Fsp3) is 0.500. The molecule has 1 aromatic heterocycles. The number of rotatable bonds is 3. The van der Waals surface area contributed by atoms with Crippen LogP contribution in [0.15, 0.2) is 11.4 Å². The van der Waals surface area contributed by atoms with Crippen molar-refractivity contribution in [1.29, 1.82) is 0 Å². The minimum Gasteiger partial charge on any atom is -0.481 e. The van der Waals surface area contributed by atoms with E-state index >= 15 is 0 Å². The summed E-state index contributed by atoms with van der Waals surface area (Å²) in [5.74, 6) is 0. The van der Waals surface area contributed by atoms with E-state index in [0.29, 0.717) is 12.7 Å². The molecule has 1 atom stereocenters. The summed E-state index contributed by atoms with van der Waals surface area (Å²) in [6.07, 6.45) is 0.359. The molecule has 2 heterocycles. The van der Waals surface area contributed by atoms with E-state index < -0.39 is 0 Å². The van der Waals surface area contributed by atoms with Crippen molar-refractivity contribution in [2.24, 2.45) is 0 Å². The quantitative estimate of drug-likeness (QED) is 0.645. The third-order valence-corrected chi connectivity index (χ3v) is 2.48. The van der Waals surface area contributed by atoms with Crippen molar-refractivity contribution < 1.29 is 9.47 Å². The van der Waals surface area contributed by atoms with Crippen LogP contribution in [0.25, 0.3) is 0 Å². The molecule has 3 heteroatoms. The average Bonchev–Trinajstić information content (AvgIpc) is 2.72. The van der Waals surface area contributed by atoms with Crippen molar-refractivity contribution in [2.45, 2.75) is 13.0 Å². The summed E-state index contributed by atoms with van der Waals surface area (Å²) in [5, 5.41) is 3.08. The number of ether oxygens (including phenoxy) is 2. The zero-order valence-electron chi connectivity index (χ0n) is 6.37. The normalized spacial score (nSPS) is 21.7. The summed E-state index contributed by atoms with van der Waals surface area (Å²) in [4.78, 5) is 0. The van der Waals surface area contributed by atoms with Crippen LogP contribution in [0.3, 0.4) is 0 Å². The van der Waals surface area contributed by atoms with Crippen LogP contribution >= 0.6 is 11.3 Å². The topological polar surface area (TPSA) is 21.8 Å². The summed E-state index contributed by atoms with van der Waals surface area (Å²) in [6, 6.07) is 2.05. The Bertz CT molecular complexity index is 240. The maximum absolute atomic E-state index is 5.44. The van der Waals surface area contributed by atoms with E-state index in [1.165, 1.54) is 5.56 Å². The van der Waals surface area contributed by atoms with E-state index in [9.17, 15) is 0 Å². The summed E-state index contributed by atoms with van der Waals surface area (Å²) in [7, 11) is 0. The number of thiophene rings is 1. The van der Waals surface area contributed by atoms with Crippen LogP contribution in [-0.4, -0.2) is 19.3 Å². The Hall–Kier alpha value is -0.540. The predicted octanol–water partition coefficient (Wildman–Crippen LogP) is 1.83. The highest BCUT2D eigenvalue weighted by atomic mass is 32.1. The van der Waals surface area contributed by atoms with Gasteiger partial charge in [0.15, 0.2) is 5.06 Å². The molecule has 0 amide bonds. The van der Waals surface area contributed by atoms with Crippen LogP contribution in [-0.2, 0) is 4.74 Å². The number of epoxide rings is 1. The maximum Gasteiger partial charge on any atom is 0.174 e. The molecule has 1 unspecified atom stereocenters. The molecular weight excluding hydrogens is 160 g/mol. The van der Waals surface area contributed by atoms with E-state index in [1.807, 2.05) is 6.07 Å². The number of hydrogen-bond donors (Lipinski definition) is 0. The highest BCUT2D eigenvalue weighted by molar-refractivity contribution is 7.11. The highest BCUT2D eigenvalue weighted by Crippen LogP contribution is 2.23. The lowest BCUT2D eigenvalue weighted by molar-refractivity contribution is 0.269. The van der Waals surface area contributed by atoms with Crippen molar-refractivity contribution in [3.63, 3.8) is 0 Å². The third-order valence-electron chi connectivity index (χ3n) is 1.52. The SMILES string of the molecule is Cc1csc(OCC2CO2)c1. The first-order valence-electron chi connectivity index (χ1n) is 3.64. The van der Waals surface area contributed by atoms with Crippen LogP contribution in [0.4, 0.5) is 0 Å². The fourth-order valence-corrected chi connectivity index (χ4v) is 1.58. The van der Waals surface area contributed by atoms with Gasteiger partial charge in [-0.15, -0.1) is 11.3 Å². The molecule has 0 bridgehead atoms. The summed E-state index contributed by atoms with van der Waals surface area (Å²) in [5.41, 5.74) is 1.27. The van der Waals surface area contributed by atoms with E-state index in [-0.39, 0.29) is 0 Å². The lowest BCUT2D eigenvalue weighted by atomic mass is 10.4. The molecule has 0 aliphatic carbocycles. The zero-order chi connectivity index (χ0) is 7.68. The van der Waals surface area contributed by atoms with Gasteiger partial charge in [0, 0.05) is 0 Å². The molecule has 1 fully saturated rings. The van der Waals surface area contributed by atoms with Crippen molar-refractivity contribution in [2.75, 3.05) is 13.2 Å². The minimum atomic E-state index is 0.359. The van der Waals surface area contributed by atoms with Gasteiger partial charge in [0.1, 0.15) is 12.7 Å². The van der Waals surface area contributed by atoms with Crippen LogP contribution in [0.2, 0.25) is 0 Å². The van der Waals surface area contributed by atoms with Gasteiger partial charge in [-0.3, -0.25) is 0 Å². The van der Waals surface area contributed by atoms with Gasteiger partial charge in [-0.2, -0.15) is 0 Å². The zero-order valence-corrected chi connectivity index (χ0v) is 7.19. The highest BCUT2D eigenvalue weighted by Gasteiger charge is 2.23. The van der Waals surface area contributed by atoms with Crippen molar-refractivity contribution in [3.8, 4) is 5.06 Å². The average molecular weight is 170 g/mol. The van der Waals surface area contributed by atoms with E-state index in [2.05, 4.69) is 12.3 Å². The number of aryl methyl sites for hydroxylation is 1. The fourth-order valence-electron chi connectivity index (χ4n) is 0.820. The maximum atomic E-state index is 5.44. The molecular formula is C8H10O2S. The first-order valence-corrected chi connectivity index (χ1v) is 4.52. The van der Waals surface area contributed by atoms with E-state index in [4.69, 9.17) is 9.47 Å². The Morgan fingerprint density at radius 1 is 1.82 bits per heavy atom. The van der Waals surface area contributed by atoms with Gasteiger partial charge in [0.25, 0.3) is 0 Å². The molecule has 1 aliphatic rings. The molecule has 0 radical (unpaired) electrons. The first-order chi connectivity index (χ1) is 5.34. The van der Waals surface area contributed by atoms with Gasteiger partial charge in [0.05, 0.1) is 6.61 Å². The third kappa shape index (κ3) is 1.94. The van der Waals surface area contributed by atoms with Crippen LogP contribution < -0.4 is 4.74 Å². The molecule has 1 aromatic rings. The lowest BCUT2D eigenvalue weighted by Crippen LogP contribution is -2.02. The second-order valence-electron chi connectivity index (χ2n) is 2.71. The molecule has 11 heavy (non-hydrogen) atoms. The van der Waals surface area contributed by atoms with Gasteiger partial charge < -0.3 is 9.47 Å². The first kappa shape index (κ1) is 7.13. The smallest absolute Gasteiger partial charge is 0.174 e. The second kappa shape index (κ2) is 2.83. The Labute approximate surface area is 69.8 Å². The lowest BCUT2D eigenvalue weighted by Gasteiger charge is -1.97. The van der Waals surface area contributed by atoms with Gasteiger partial charge in [-0.1, -0.05) is 0 Å². The van der Waals surface area contributed by atoms with Crippen molar-refractivity contribution in [1.82, 2.24) is 0 Å². The molecule has 60 valence electrons. The van der Waals surface area contributed by atoms with Gasteiger partial charge >= 0.3 is 0 Å². The summed E-state index contributed by atoms with van der Waals surface area (Å²) in [6.45, 7) is 3.64. The molecule has 2 rings (SSSR count). The van der Waals surface area contributed by atoms with Crippen LogP contribution in [0.5, 0.6) is 5.06 Å².